The molecule has 5 heteroatoms. The molecular formula is C13H18N2O3. The lowest BCUT2D eigenvalue weighted by Gasteiger charge is -2.26. The van der Waals surface area contributed by atoms with Gasteiger partial charge >= 0.3 is 6.03 Å². The van der Waals surface area contributed by atoms with Crippen molar-refractivity contribution in [3.63, 3.8) is 0 Å². The molecule has 1 aliphatic rings. The van der Waals surface area contributed by atoms with E-state index in [0.29, 0.717) is 32.9 Å². The van der Waals surface area contributed by atoms with Crippen molar-refractivity contribution in [1.82, 2.24) is 4.90 Å². The second kappa shape index (κ2) is 6.26. The Morgan fingerprint density at radius 1 is 1.33 bits per heavy atom. The highest BCUT2D eigenvalue weighted by Gasteiger charge is 2.16. The Hall–Kier alpha value is -1.75. The minimum atomic E-state index is -0.0811. The van der Waals surface area contributed by atoms with E-state index < -0.39 is 0 Å². The second-order valence-electron chi connectivity index (χ2n) is 3.99. The first-order valence-electron chi connectivity index (χ1n) is 6.16. The minimum absolute atomic E-state index is 0.0811. The first-order chi connectivity index (χ1) is 8.79. The Morgan fingerprint density at radius 2 is 2.00 bits per heavy atom. The topological polar surface area (TPSA) is 50.8 Å². The molecular weight excluding hydrogens is 232 g/mol. The Kier molecular flexibility index (Phi) is 4.41. The number of hydrogen-bond acceptors (Lipinski definition) is 3. The lowest BCUT2D eigenvalue weighted by molar-refractivity contribution is 0.0564. The summed E-state index contributed by atoms with van der Waals surface area (Å²) in [6, 6.07) is 7.28. The van der Waals surface area contributed by atoms with Crippen LogP contribution in [0.3, 0.4) is 0 Å². The third-order valence-corrected chi connectivity index (χ3v) is 2.71. The molecule has 2 rings (SSSR count). The van der Waals surface area contributed by atoms with Crippen LogP contribution in [-0.4, -0.2) is 43.8 Å². The summed E-state index contributed by atoms with van der Waals surface area (Å²) in [4.78, 5) is 13.7. The van der Waals surface area contributed by atoms with E-state index in [-0.39, 0.29) is 6.03 Å². The van der Waals surface area contributed by atoms with Gasteiger partial charge in [0.05, 0.1) is 19.8 Å². The van der Waals surface area contributed by atoms with Gasteiger partial charge < -0.3 is 19.7 Å². The van der Waals surface area contributed by atoms with E-state index in [9.17, 15) is 4.79 Å². The maximum Gasteiger partial charge on any atom is 0.321 e. The molecule has 1 aromatic rings. The molecule has 0 radical (unpaired) electrons. The molecule has 0 spiro atoms. The summed E-state index contributed by atoms with van der Waals surface area (Å²) < 4.78 is 10.5. The maximum absolute atomic E-state index is 11.9. The standard InChI is InChI=1S/C13H18N2O3/c1-2-18-12-5-3-11(4-6-12)14-13(16)15-7-9-17-10-8-15/h3-6H,2,7-10H2,1H3,(H,14,16). The van der Waals surface area contributed by atoms with Gasteiger partial charge in [0.1, 0.15) is 5.75 Å². The SMILES string of the molecule is CCOc1ccc(NC(=O)N2CCOCC2)cc1. The number of urea groups is 1. The van der Waals surface area contributed by atoms with Gasteiger partial charge in [-0.15, -0.1) is 0 Å². The minimum Gasteiger partial charge on any atom is -0.494 e. The summed E-state index contributed by atoms with van der Waals surface area (Å²) in [7, 11) is 0. The van der Waals surface area contributed by atoms with Crippen LogP contribution >= 0.6 is 0 Å². The van der Waals surface area contributed by atoms with E-state index in [1.54, 1.807) is 4.90 Å². The average molecular weight is 250 g/mol. The van der Waals surface area contributed by atoms with Crippen molar-refractivity contribution < 1.29 is 14.3 Å². The number of carbonyl (C=O) groups excluding carboxylic acids is 1. The van der Waals surface area contributed by atoms with Crippen molar-refractivity contribution >= 4 is 11.7 Å². The van der Waals surface area contributed by atoms with Crippen LogP contribution in [0.4, 0.5) is 10.5 Å². The van der Waals surface area contributed by atoms with E-state index in [4.69, 9.17) is 9.47 Å². The van der Waals surface area contributed by atoms with Gasteiger partial charge in [-0.3, -0.25) is 0 Å². The molecule has 1 saturated heterocycles. The monoisotopic (exact) mass is 250 g/mol. The summed E-state index contributed by atoms with van der Waals surface area (Å²) in [6.45, 7) is 5.08. The smallest absolute Gasteiger partial charge is 0.321 e. The number of morpholine rings is 1. The zero-order chi connectivity index (χ0) is 12.8. The second-order valence-corrected chi connectivity index (χ2v) is 3.99. The van der Waals surface area contributed by atoms with E-state index in [0.717, 1.165) is 11.4 Å². The van der Waals surface area contributed by atoms with Crippen LogP contribution < -0.4 is 10.1 Å². The molecule has 18 heavy (non-hydrogen) atoms. The molecule has 2 amide bonds. The van der Waals surface area contributed by atoms with Crippen LogP contribution in [0.5, 0.6) is 5.75 Å². The highest BCUT2D eigenvalue weighted by Crippen LogP contribution is 2.16. The van der Waals surface area contributed by atoms with E-state index in [1.807, 2.05) is 31.2 Å². The normalized spacial score (nSPS) is 15.3. The molecule has 98 valence electrons. The Balaban J connectivity index is 1.89. The van der Waals surface area contributed by atoms with E-state index >= 15 is 0 Å². The molecule has 0 saturated carbocycles. The number of carbonyl (C=O) groups is 1. The molecule has 1 N–H and O–H groups in total. The van der Waals surface area contributed by atoms with Gasteiger partial charge in [0.2, 0.25) is 0 Å². The van der Waals surface area contributed by atoms with Crippen LogP contribution in [0.2, 0.25) is 0 Å². The van der Waals surface area contributed by atoms with Gasteiger partial charge in [0.15, 0.2) is 0 Å². The number of ether oxygens (including phenoxy) is 2. The third kappa shape index (κ3) is 3.37. The molecule has 1 aromatic carbocycles. The van der Waals surface area contributed by atoms with Gasteiger partial charge in [-0.2, -0.15) is 0 Å². The maximum atomic E-state index is 11.9. The Labute approximate surface area is 107 Å². The molecule has 0 aromatic heterocycles. The summed E-state index contributed by atoms with van der Waals surface area (Å²) >= 11 is 0. The van der Waals surface area contributed by atoms with Gasteiger partial charge in [-0.05, 0) is 31.2 Å². The Morgan fingerprint density at radius 3 is 2.61 bits per heavy atom. The molecule has 1 heterocycles. The number of benzene rings is 1. The van der Waals surface area contributed by atoms with E-state index in [1.165, 1.54) is 0 Å². The number of hydrogen-bond donors (Lipinski definition) is 1. The number of rotatable bonds is 3. The molecule has 1 aliphatic heterocycles. The van der Waals surface area contributed by atoms with Crippen molar-refractivity contribution in [2.24, 2.45) is 0 Å². The van der Waals surface area contributed by atoms with Crippen LogP contribution in [0.1, 0.15) is 6.92 Å². The van der Waals surface area contributed by atoms with Crippen LogP contribution in [0.15, 0.2) is 24.3 Å². The molecule has 0 atom stereocenters. The predicted octanol–water partition coefficient (Wildman–Crippen LogP) is 1.95. The van der Waals surface area contributed by atoms with Crippen LogP contribution in [-0.2, 0) is 4.74 Å². The lowest BCUT2D eigenvalue weighted by Crippen LogP contribution is -2.43. The fourth-order valence-electron chi connectivity index (χ4n) is 1.77. The average Bonchev–Trinajstić information content (AvgIpc) is 2.42. The summed E-state index contributed by atoms with van der Waals surface area (Å²) in [5.74, 6) is 0.807. The van der Waals surface area contributed by atoms with Crippen molar-refractivity contribution in [2.75, 3.05) is 38.2 Å². The summed E-state index contributed by atoms with van der Waals surface area (Å²) in [5.41, 5.74) is 0.773. The lowest BCUT2D eigenvalue weighted by atomic mass is 10.3. The van der Waals surface area contributed by atoms with Crippen LogP contribution in [0, 0.1) is 0 Å². The number of amides is 2. The van der Waals surface area contributed by atoms with Crippen molar-refractivity contribution in [1.29, 1.82) is 0 Å². The molecule has 0 unspecified atom stereocenters. The van der Waals surface area contributed by atoms with Crippen LogP contribution in [0.25, 0.3) is 0 Å². The quantitative estimate of drug-likeness (QED) is 0.892. The molecule has 0 aliphatic carbocycles. The molecule has 5 nitrogen and oxygen atoms in total. The van der Waals surface area contributed by atoms with E-state index in [2.05, 4.69) is 5.32 Å². The molecule has 0 bridgehead atoms. The first kappa shape index (κ1) is 12.7. The highest BCUT2D eigenvalue weighted by molar-refractivity contribution is 5.89. The fourth-order valence-corrected chi connectivity index (χ4v) is 1.77. The number of anilines is 1. The largest absolute Gasteiger partial charge is 0.494 e. The number of nitrogens with zero attached hydrogens (tertiary/aromatic N) is 1. The third-order valence-electron chi connectivity index (χ3n) is 2.71. The highest BCUT2D eigenvalue weighted by atomic mass is 16.5. The van der Waals surface area contributed by atoms with Gasteiger partial charge in [0.25, 0.3) is 0 Å². The predicted molar refractivity (Wildman–Crippen MR) is 69.0 cm³/mol. The first-order valence-corrected chi connectivity index (χ1v) is 6.16. The fraction of sp³-hybridized carbons (Fsp3) is 0.462. The van der Waals surface area contributed by atoms with Crippen molar-refractivity contribution in [3.8, 4) is 5.75 Å². The van der Waals surface area contributed by atoms with Crippen molar-refractivity contribution in [3.05, 3.63) is 24.3 Å². The number of nitrogens with one attached hydrogen (secondary N) is 1. The van der Waals surface area contributed by atoms with Gasteiger partial charge in [-0.1, -0.05) is 0 Å². The zero-order valence-corrected chi connectivity index (χ0v) is 10.5. The zero-order valence-electron chi connectivity index (χ0n) is 10.5. The Bertz CT molecular complexity index is 386. The van der Waals surface area contributed by atoms with Gasteiger partial charge in [-0.25, -0.2) is 4.79 Å². The summed E-state index contributed by atoms with van der Waals surface area (Å²) in [6.07, 6.45) is 0. The van der Waals surface area contributed by atoms with Crippen molar-refractivity contribution in [2.45, 2.75) is 6.92 Å². The molecule has 1 fully saturated rings. The summed E-state index contributed by atoms with van der Waals surface area (Å²) in [5, 5.41) is 2.86. The van der Waals surface area contributed by atoms with Gasteiger partial charge in [0, 0.05) is 18.8 Å².